The molecule has 0 unspecified atom stereocenters. The third kappa shape index (κ3) is 3.47. The Bertz CT molecular complexity index is 344. The van der Waals surface area contributed by atoms with Crippen molar-refractivity contribution in [3.05, 3.63) is 41.8 Å². The summed E-state index contributed by atoms with van der Waals surface area (Å²) in [7, 11) is -1.24. The second-order valence-corrected chi connectivity index (χ2v) is 10.0. The van der Waals surface area contributed by atoms with Crippen LogP contribution in [0.3, 0.4) is 0 Å². The van der Waals surface area contributed by atoms with Gasteiger partial charge in [0.2, 0.25) is 0 Å². The Kier molecular flexibility index (Phi) is 5.49. The molecule has 0 aliphatic heterocycles. The average molecular weight is 248 g/mol. The average Bonchev–Trinajstić information content (AvgIpc) is 2.40. The Morgan fingerprint density at radius 1 is 1.06 bits per heavy atom. The lowest BCUT2D eigenvalue weighted by molar-refractivity contribution is 0.478. The number of allylic oxidation sites excluding steroid dienone is 1. The number of para-hydroxylation sites is 1. The maximum atomic E-state index is 5.75. The normalized spacial score (nSPS) is 12.6. The van der Waals surface area contributed by atoms with Crippen LogP contribution in [-0.2, 0) is 0 Å². The molecule has 0 aliphatic carbocycles. The van der Waals surface area contributed by atoms with Crippen molar-refractivity contribution in [2.24, 2.45) is 0 Å². The Morgan fingerprint density at radius 2 is 1.59 bits per heavy atom. The van der Waals surface area contributed by atoms with E-state index in [2.05, 4.69) is 27.7 Å². The molecule has 0 N–H and O–H groups in total. The van der Waals surface area contributed by atoms with Crippen molar-refractivity contribution < 1.29 is 4.74 Å². The SMILES string of the molecule is CC[Si](CC)(CC)C(C)=COc1ccccc1. The van der Waals surface area contributed by atoms with Crippen molar-refractivity contribution in [1.29, 1.82) is 0 Å². The summed E-state index contributed by atoms with van der Waals surface area (Å²) in [4.78, 5) is 0. The van der Waals surface area contributed by atoms with Gasteiger partial charge in [0.15, 0.2) is 0 Å². The molecule has 0 amide bonds. The number of benzene rings is 1. The Morgan fingerprint density at radius 3 is 2.06 bits per heavy atom. The molecule has 0 saturated heterocycles. The van der Waals surface area contributed by atoms with Crippen LogP contribution in [-0.4, -0.2) is 8.07 Å². The fourth-order valence-electron chi connectivity index (χ4n) is 2.37. The number of ether oxygens (including phenoxy) is 1. The largest absolute Gasteiger partial charge is 0.465 e. The van der Waals surface area contributed by atoms with Crippen LogP contribution in [0.15, 0.2) is 41.8 Å². The van der Waals surface area contributed by atoms with Gasteiger partial charge in [-0.25, -0.2) is 0 Å². The van der Waals surface area contributed by atoms with E-state index in [0.717, 1.165) is 5.75 Å². The van der Waals surface area contributed by atoms with Crippen molar-refractivity contribution in [3.8, 4) is 5.75 Å². The molecular formula is C15H24OSi. The zero-order valence-electron chi connectivity index (χ0n) is 11.5. The van der Waals surface area contributed by atoms with Crippen molar-refractivity contribution in [1.82, 2.24) is 0 Å². The van der Waals surface area contributed by atoms with Gasteiger partial charge in [0, 0.05) is 0 Å². The van der Waals surface area contributed by atoms with Gasteiger partial charge in [0.05, 0.1) is 14.3 Å². The highest BCUT2D eigenvalue weighted by molar-refractivity contribution is 6.86. The predicted octanol–water partition coefficient (Wildman–Crippen LogP) is 5.02. The monoisotopic (exact) mass is 248 g/mol. The van der Waals surface area contributed by atoms with Gasteiger partial charge < -0.3 is 4.74 Å². The van der Waals surface area contributed by atoms with Crippen molar-refractivity contribution in [2.45, 2.75) is 45.8 Å². The van der Waals surface area contributed by atoms with E-state index < -0.39 is 8.07 Å². The predicted molar refractivity (Wildman–Crippen MR) is 78.0 cm³/mol. The fraction of sp³-hybridized carbons (Fsp3) is 0.467. The highest BCUT2D eigenvalue weighted by atomic mass is 28.3. The second-order valence-electron chi connectivity index (χ2n) is 4.57. The molecule has 1 aromatic rings. The Hall–Kier alpha value is -1.02. The molecule has 0 bridgehead atoms. The third-order valence-corrected chi connectivity index (χ3v) is 9.83. The molecule has 94 valence electrons. The first-order valence-corrected chi connectivity index (χ1v) is 9.19. The molecule has 0 heterocycles. The summed E-state index contributed by atoms with van der Waals surface area (Å²) >= 11 is 0. The van der Waals surface area contributed by atoms with Gasteiger partial charge in [-0.05, 0) is 24.3 Å². The molecular weight excluding hydrogens is 224 g/mol. The summed E-state index contributed by atoms with van der Waals surface area (Å²) in [5, 5.41) is 1.48. The minimum Gasteiger partial charge on any atom is -0.465 e. The molecule has 0 spiro atoms. The van der Waals surface area contributed by atoms with Crippen LogP contribution in [0.4, 0.5) is 0 Å². The number of hydrogen-bond donors (Lipinski definition) is 0. The molecule has 1 aromatic carbocycles. The minimum atomic E-state index is -1.24. The second kappa shape index (κ2) is 6.65. The van der Waals surface area contributed by atoms with Crippen molar-refractivity contribution in [2.75, 3.05) is 0 Å². The van der Waals surface area contributed by atoms with E-state index in [1.54, 1.807) is 0 Å². The maximum Gasteiger partial charge on any atom is 0.126 e. The van der Waals surface area contributed by atoms with Gasteiger partial charge >= 0.3 is 0 Å². The lowest BCUT2D eigenvalue weighted by Crippen LogP contribution is -2.33. The quantitative estimate of drug-likeness (QED) is 0.507. The maximum absolute atomic E-state index is 5.75. The molecule has 2 heteroatoms. The number of hydrogen-bond acceptors (Lipinski definition) is 1. The lowest BCUT2D eigenvalue weighted by atomic mass is 10.3. The van der Waals surface area contributed by atoms with Crippen LogP contribution in [0.1, 0.15) is 27.7 Å². The molecule has 0 fully saturated rings. The van der Waals surface area contributed by atoms with Crippen molar-refractivity contribution >= 4 is 8.07 Å². The van der Waals surface area contributed by atoms with Gasteiger partial charge in [-0.15, -0.1) is 0 Å². The van der Waals surface area contributed by atoms with Gasteiger partial charge in [0.25, 0.3) is 0 Å². The van der Waals surface area contributed by atoms with Crippen LogP contribution in [0.25, 0.3) is 0 Å². The van der Waals surface area contributed by atoms with Gasteiger partial charge in [-0.1, -0.05) is 57.1 Å². The Labute approximate surface area is 107 Å². The van der Waals surface area contributed by atoms with Crippen LogP contribution < -0.4 is 4.74 Å². The van der Waals surface area contributed by atoms with E-state index in [9.17, 15) is 0 Å². The molecule has 0 radical (unpaired) electrons. The standard InChI is InChI=1S/C15H24OSi/c1-5-17(6-2,7-3)14(4)13-16-15-11-9-8-10-12-15/h8-13H,5-7H2,1-4H3. The van der Waals surface area contributed by atoms with Gasteiger partial charge in [-0.2, -0.15) is 0 Å². The molecule has 17 heavy (non-hydrogen) atoms. The summed E-state index contributed by atoms with van der Waals surface area (Å²) in [6.45, 7) is 9.20. The molecule has 0 saturated carbocycles. The highest BCUT2D eigenvalue weighted by Crippen LogP contribution is 2.28. The summed E-state index contributed by atoms with van der Waals surface area (Å²) in [6.07, 6.45) is 1.98. The summed E-state index contributed by atoms with van der Waals surface area (Å²) < 4.78 is 5.75. The zero-order valence-corrected chi connectivity index (χ0v) is 12.5. The van der Waals surface area contributed by atoms with E-state index in [0.29, 0.717) is 0 Å². The van der Waals surface area contributed by atoms with E-state index in [1.165, 1.54) is 23.3 Å². The first-order valence-electron chi connectivity index (χ1n) is 6.57. The highest BCUT2D eigenvalue weighted by Gasteiger charge is 2.28. The minimum absolute atomic E-state index is 0.929. The van der Waals surface area contributed by atoms with E-state index in [1.807, 2.05) is 36.6 Å². The van der Waals surface area contributed by atoms with E-state index >= 15 is 0 Å². The van der Waals surface area contributed by atoms with Crippen LogP contribution in [0.2, 0.25) is 18.1 Å². The fourth-order valence-corrected chi connectivity index (χ4v) is 5.85. The topological polar surface area (TPSA) is 9.23 Å². The van der Waals surface area contributed by atoms with E-state index in [4.69, 9.17) is 4.74 Å². The molecule has 0 aromatic heterocycles. The van der Waals surface area contributed by atoms with Crippen molar-refractivity contribution in [3.63, 3.8) is 0 Å². The van der Waals surface area contributed by atoms with Gasteiger partial charge in [-0.3, -0.25) is 0 Å². The lowest BCUT2D eigenvalue weighted by Gasteiger charge is -2.28. The summed E-state index contributed by atoms with van der Waals surface area (Å²) in [6, 6.07) is 13.9. The van der Waals surface area contributed by atoms with Gasteiger partial charge in [0.1, 0.15) is 5.75 Å². The molecule has 0 aliphatic rings. The molecule has 1 nitrogen and oxygen atoms in total. The Balaban J connectivity index is 2.78. The van der Waals surface area contributed by atoms with E-state index in [-0.39, 0.29) is 0 Å². The zero-order chi connectivity index (χ0) is 12.7. The summed E-state index contributed by atoms with van der Waals surface area (Å²) in [5.74, 6) is 0.929. The first kappa shape index (κ1) is 14.0. The first-order chi connectivity index (χ1) is 8.18. The molecule has 1 rings (SSSR count). The van der Waals surface area contributed by atoms with Crippen LogP contribution in [0, 0.1) is 0 Å². The summed E-state index contributed by atoms with van der Waals surface area (Å²) in [5.41, 5.74) is 0. The van der Waals surface area contributed by atoms with Crippen LogP contribution in [0.5, 0.6) is 5.75 Å². The molecule has 0 atom stereocenters. The van der Waals surface area contributed by atoms with Crippen LogP contribution >= 0.6 is 0 Å². The number of rotatable bonds is 6. The smallest absolute Gasteiger partial charge is 0.126 e. The third-order valence-electron chi connectivity index (χ3n) is 3.98.